The quantitative estimate of drug-likeness (QED) is 0.455. The van der Waals surface area contributed by atoms with Crippen LogP contribution in [0, 0.1) is 11.3 Å². The van der Waals surface area contributed by atoms with E-state index in [1.165, 1.54) is 11.1 Å². The Morgan fingerprint density at radius 2 is 1.86 bits per heavy atom. The summed E-state index contributed by atoms with van der Waals surface area (Å²) in [5.41, 5.74) is 4.05. The molecule has 1 fully saturated rings. The van der Waals surface area contributed by atoms with Crippen molar-refractivity contribution >= 4 is 23.1 Å². The lowest BCUT2D eigenvalue weighted by atomic mass is 10.0. The van der Waals surface area contributed by atoms with Crippen LogP contribution in [0.25, 0.3) is 16.6 Å². The Morgan fingerprint density at radius 1 is 1.08 bits per heavy atom. The second kappa shape index (κ2) is 9.98. The minimum absolute atomic E-state index is 0.0688. The van der Waals surface area contributed by atoms with Gasteiger partial charge in [0.15, 0.2) is 0 Å². The van der Waals surface area contributed by atoms with Crippen LogP contribution >= 0.6 is 0 Å². The number of carbonyl (C=O) groups is 2. The van der Waals surface area contributed by atoms with Crippen LogP contribution in [0.5, 0.6) is 0 Å². The number of nitrogens with zero attached hydrogens (tertiary/aromatic N) is 5. The van der Waals surface area contributed by atoms with Crippen LogP contribution in [0.1, 0.15) is 39.1 Å². The molecule has 0 radical (unpaired) electrons. The van der Waals surface area contributed by atoms with Crippen molar-refractivity contribution in [3.8, 4) is 17.2 Å². The number of carbonyl (C=O) groups excluding carboxylic acids is 2. The molecule has 0 aliphatic carbocycles. The van der Waals surface area contributed by atoms with E-state index in [0.29, 0.717) is 22.5 Å². The standard InChI is InChI=1S/C27H25N7O2/c1-33(25-7-2-18(15-28)16-30-25)27(36)21-10-13-34-24(14-21)23(17-31-34)19-3-5-20(6-4-19)26(35)32-22-8-11-29-12-9-22/h2-7,10,13-14,16-17,22,29H,8-9,11-12H2,1H3,(H,32,35). The minimum atomic E-state index is -0.230. The first kappa shape index (κ1) is 23.2. The lowest BCUT2D eigenvalue weighted by molar-refractivity contribution is 0.0928. The zero-order valence-electron chi connectivity index (χ0n) is 19.8. The Bertz CT molecular complexity index is 1450. The zero-order chi connectivity index (χ0) is 25.1. The molecule has 3 aromatic heterocycles. The highest BCUT2D eigenvalue weighted by atomic mass is 16.2. The Balaban J connectivity index is 1.36. The van der Waals surface area contributed by atoms with Crippen molar-refractivity contribution in [2.45, 2.75) is 18.9 Å². The average molecular weight is 480 g/mol. The van der Waals surface area contributed by atoms with Crippen molar-refractivity contribution < 1.29 is 9.59 Å². The van der Waals surface area contributed by atoms with Crippen molar-refractivity contribution in [2.24, 2.45) is 0 Å². The topological polar surface area (TPSA) is 115 Å². The molecular weight excluding hydrogens is 454 g/mol. The number of hydrogen-bond donors (Lipinski definition) is 2. The number of piperidine rings is 1. The molecule has 1 aromatic carbocycles. The van der Waals surface area contributed by atoms with Crippen molar-refractivity contribution in [3.05, 3.63) is 83.8 Å². The molecule has 1 saturated heterocycles. The van der Waals surface area contributed by atoms with Crippen LogP contribution in [0.2, 0.25) is 0 Å². The Kier molecular flexibility index (Phi) is 6.43. The number of fused-ring (bicyclic) bond motifs is 1. The number of rotatable bonds is 5. The van der Waals surface area contributed by atoms with Crippen LogP contribution in [0.3, 0.4) is 0 Å². The van der Waals surface area contributed by atoms with Gasteiger partial charge in [-0.15, -0.1) is 0 Å². The van der Waals surface area contributed by atoms with Crippen LogP contribution in [-0.2, 0) is 0 Å². The maximum absolute atomic E-state index is 13.1. The third kappa shape index (κ3) is 4.67. The summed E-state index contributed by atoms with van der Waals surface area (Å²) in [7, 11) is 1.64. The summed E-state index contributed by atoms with van der Waals surface area (Å²) in [5.74, 6) is 0.151. The van der Waals surface area contributed by atoms with E-state index in [1.54, 1.807) is 48.2 Å². The van der Waals surface area contributed by atoms with Gasteiger partial charge >= 0.3 is 0 Å². The van der Waals surface area contributed by atoms with E-state index in [9.17, 15) is 9.59 Å². The number of aromatic nitrogens is 3. The normalized spacial score (nSPS) is 13.8. The van der Waals surface area contributed by atoms with E-state index >= 15 is 0 Å². The van der Waals surface area contributed by atoms with Gasteiger partial charge in [0.25, 0.3) is 11.8 Å². The van der Waals surface area contributed by atoms with Crippen LogP contribution in [-0.4, -0.2) is 52.6 Å². The molecule has 36 heavy (non-hydrogen) atoms. The van der Waals surface area contributed by atoms with Gasteiger partial charge in [-0.1, -0.05) is 12.1 Å². The van der Waals surface area contributed by atoms with E-state index in [1.807, 2.05) is 30.3 Å². The van der Waals surface area contributed by atoms with E-state index in [4.69, 9.17) is 5.26 Å². The summed E-state index contributed by atoms with van der Waals surface area (Å²) >= 11 is 0. The zero-order valence-corrected chi connectivity index (χ0v) is 19.8. The van der Waals surface area contributed by atoms with Crippen LogP contribution in [0.4, 0.5) is 5.82 Å². The van der Waals surface area contributed by atoms with Crippen molar-refractivity contribution in [1.82, 2.24) is 25.2 Å². The fourth-order valence-corrected chi connectivity index (χ4v) is 4.32. The predicted molar refractivity (Wildman–Crippen MR) is 136 cm³/mol. The smallest absolute Gasteiger partial charge is 0.259 e. The summed E-state index contributed by atoms with van der Waals surface area (Å²) in [6, 6.07) is 16.4. The number of nitrogens with one attached hydrogen (secondary N) is 2. The molecular formula is C27H25N7O2. The summed E-state index contributed by atoms with van der Waals surface area (Å²) < 4.78 is 1.71. The van der Waals surface area contributed by atoms with Gasteiger partial charge in [0, 0.05) is 42.2 Å². The third-order valence-electron chi connectivity index (χ3n) is 6.43. The average Bonchev–Trinajstić information content (AvgIpc) is 3.36. The maximum atomic E-state index is 13.1. The summed E-state index contributed by atoms with van der Waals surface area (Å²) in [5, 5.41) is 19.8. The third-order valence-corrected chi connectivity index (χ3v) is 6.43. The highest BCUT2D eigenvalue weighted by Crippen LogP contribution is 2.26. The molecule has 4 heterocycles. The Labute approximate surface area is 208 Å². The Hall–Kier alpha value is -4.55. The molecule has 1 aliphatic heterocycles. The summed E-state index contributed by atoms with van der Waals surface area (Å²) in [6.07, 6.45) is 6.80. The molecule has 5 rings (SSSR count). The van der Waals surface area contributed by atoms with Gasteiger partial charge < -0.3 is 10.6 Å². The largest absolute Gasteiger partial charge is 0.349 e. The molecule has 1 aliphatic rings. The van der Waals surface area contributed by atoms with E-state index in [-0.39, 0.29) is 17.9 Å². The molecule has 0 saturated carbocycles. The molecule has 9 nitrogen and oxygen atoms in total. The van der Waals surface area contributed by atoms with Crippen LogP contribution < -0.4 is 15.5 Å². The monoisotopic (exact) mass is 479 g/mol. The number of amides is 2. The molecule has 2 amide bonds. The number of pyridine rings is 2. The van der Waals surface area contributed by atoms with Gasteiger partial charge in [-0.05, 0) is 67.9 Å². The molecule has 9 heteroatoms. The number of benzene rings is 1. The highest BCUT2D eigenvalue weighted by Gasteiger charge is 2.18. The van der Waals surface area contributed by atoms with E-state index in [0.717, 1.165) is 42.6 Å². The first-order valence-corrected chi connectivity index (χ1v) is 11.8. The lowest BCUT2D eigenvalue weighted by Crippen LogP contribution is -2.42. The number of hydrogen-bond acceptors (Lipinski definition) is 6. The van der Waals surface area contributed by atoms with Gasteiger partial charge in [-0.3, -0.25) is 14.5 Å². The molecule has 4 aromatic rings. The molecule has 0 bridgehead atoms. The fourth-order valence-electron chi connectivity index (χ4n) is 4.32. The second-order valence-corrected chi connectivity index (χ2v) is 8.76. The Morgan fingerprint density at radius 3 is 2.56 bits per heavy atom. The first-order chi connectivity index (χ1) is 17.5. The van der Waals surface area contributed by atoms with E-state index < -0.39 is 0 Å². The summed E-state index contributed by atoms with van der Waals surface area (Å²) in [6.45, 7) is 1.84. The highest BCUT2D eigenvalue weighted by molar-refractivity contribution is 6.06. The van der Waals surface area contributed by atoms with Gasteiger partial charge in [-0.25, -0.2) is 9.50 Å². The number of nitriles is 1. The first-order valence-electron chi connectivity index (χ1n) is 11.8. The second-order valence-electron chi connectivity index (χ2n) is 8.76. The van der Waals surface area contributed by atoms with Crippen molar-refractivity contribution in [2.75, 3.05) is 25.0 Å². The minimum Gasteiger partial charge on any atom is -0.349 e. The van der Waals surface area contributed by atoms with Gasteiger partial charge in [-0.2, -0.15) is 10.4 Å². The SMILES string of the molecule is CN(C(=O)c1ccn2ncc(-c3ccc(C(=O)NC4CCNCC4)cc3)c2c1)c1ccc(C#N)cn1. The van der Waals surface area contributed by atoms with E-state index in [2.05, 4.69) is 20.7 Å². The van der Waals surface area contributed by atoms with Gasteiger partial charge in [0.1, 0.15) is 11.9 Å². The van der Waals surface area contributed by atoms with Crippen LogP contribution in [0.15, 0.2) is 67.1 Å². The van der Waals surface area contributed by atoms with Crippen molar-refractivity contribution in [3.63, 3.8) is 0 Å². The molecule has 0 atom stereocenters. The van der Waals surface area contributed by atoms with Gasteiger partial charge in [0.2, 0.25) is 0 Å². The lowest BCUT2D eigenvalue weighted by Gasteiger charge is -2.23. The fraction of sp³-hybridized carbons (Fsp3) is 0.222. The maximum Gasteiger partial charge on any atom is 0.259 e. The molecule has 0 unspecified atom stereocenters. The number of anilines is 1. The van der Waals surface area contributed by atoms with Crippen molar-refractivity contribution in [1.29, 1.82) is 5.26 Å². The van der Waals surface area contributed by atoms with Gasteiger partial charge in [0.05, 0.1) is 17.3 Å². The molecule has 0 spiro atoms. The molecule has 180 valence electrons. The summed E-state index contributed by atoms with van der Waals surface area (Å²) in [4.78, 5) is 31.4. The molecule has 2 N–H and O–H groups in total. The predicted octanol–water partition coefficient (Wildman–Crippen LogP) is 3.03.